The lowest BCUT2D eigenvalue weighted by Crippen LogP contribution is -2.23. The summed E-state index contributed by atoms with van der Waals surface area (Å²) in [6, 6.07) is 0. The van der Waals surface area contributed by atoms with E-state index in [1.165, 1.54) is 0 Å². The molecule has 0 unspecified atom stereocenters. The van der Waals surface area contributed by atoms with Crippen LogP contribution in [-0.2, 0) is 0 Å². The van der Waals surface area contributed by atoms with Gasteiger partial charge in [-0.3, -0.25) is 4.98 Å². The smallest absolute Gasteiger partial charge is 0.147 e. The lowest BCUT2D eigenvalue weighted by atomic mass is 10.4. The highest BCUT2D eigenvalue weighted by Gasteiger charge is 2.01. The summed E-state index contributed by atoms with van der Waals surface area (Å²) in [4.78, 5) is 10.6. The minimum absolute atomic E-state index is 0.964. The Hall–Kier alpha value is -1.12. The summed E-state index contributed by atoms with van der Waals surface area (Å²) in [7, 11) is 0. The van der Waals surface area contributed by atoms with Crippen LogP contribution in [-0.4, -0.2) is 23.1 Å². The zero-order chi connectivity index (χ0) is 11.0. The molecule has 0 aromatic carbocycles. The number of nitrogens with zero attached hydrogens (tertiary/aromatic N) is 3. The quantitative estimate of drug-likeness (QED) is 0.742. The summed E-state index contributed by atoms with van der Waals surface area (Å²) in [5.41, 5.74) is 0.964. The van der Waals surface area contributed by atoms with E-state index in [0.29, 0.717) is 0 Å². The second-order valence-corrected chi connectivity index (χ2v) is 2.69. The molecule has 1 aromatic rings. The monoisotopic (exact) mass is 195 g/mol. The number of rotatable bonds is 3. The fourth-order valence-corrected chi connectivity index (χ4v) is 1.10. The fourth-order valence-electron chi connectivity index (χ4n) is 1.10. The van der Waals surface area contributed by atoms with Gasteiger partial charge in [0.1, 0.15) is 5.82 Å². The summed E-state index contributed by atoms with van der Waals surface area (Å²) in [6.45, 7) is 12.1. The maximum atomic E-state index is 4.28. The third kappa shape index (κ3) is 3.73. The summed E-state index contributed by atoms with van der Waals surface area (Å²) in [5.74, 6) is 0.964. The lowest BCUT2D eigenvalue weighted by molar-refractivity contribution is 0.837. The second-order valence-electron chi connectivity index (χ2n) is 2.69. The van der Waals surface area contributed by atoms with E-state index in [1.54, 1.807) is 6.20 Å². The normalized spacial score (nSPS) is 8.93. The number of hydrogen-bond acceptors (Lipinski definition) is 3. The summed E-state index contributed by atoms with van der Waals surface area (Å²) >= 11 is 0. The molecule has 14 heavy (non-hydrogen) atoms. The zero-order valence-corrected chi connectivity index (χ0v) is 9.91. The van der Waals surface area contributed by atoms with E-state index in [4.69, 9.17) is 0 Å². The largest absolute Gasteiger partial charge is 0.356 e. The molecule has 3 heteroatoms. The van der Waals surface area contributed by atoms with E-state index in [-0.39, 0.29) is 0 Å². The van der Waals surface area contributed by atoms with Crippen molar-refractivity contribution >= 4 is 5.82 Å². The summed E-state index contributed by atoms with van der Waals surface area (Å²) < 4.78 is 0. The molecule has 0 saturated heterocycles. The SMILES string of the molecule is CC.CCN(CC)c1cnc(C)cn1. The van der Waals surface area contributed by atoms with Crippen molar-refractivity contribution in [2.45, 2.75) is 34.6 Å². The van der Waals surface area contributed by atoms with Crippen molar-refractivity contribution in [1.82, 2.24) is 9.97 Å². The van der Waals surface area contributed by atoms with Crippen molar-refractivity contribution in [3.8, 4) is 0 Å². The predicted octanol–water partition coefficient (Wildman–Crippen LogP) is 2.66. The highest BCUT2D eigenvalue weighted by Crippen LogP contribution is 2.06. The Bertz CT molecular complexity index is 227. The van der Waals surface area contributed by atoms with Crippen molar-refractivity contribution in [3.63, 3.8) is 0 Å². The van der Waals surface area contributed by atoms with Crippen LogP contribution >= 0.6 is 0 Å². The van der Waals surface area contributed by atoms with E-state index in [2.05, 4.69) is 28.7 Å². The van der Waals surface area contributed by atoms with Crippen LogP contribution in [0.25, 0.3) is 0 Å². The Kier molecular flexibility index (Phi) is 6.72. The average Bonchev–Trinajstić information content (AvgIpc) is 2.25. The Morgan fingerprint density at radius 2 is 1.64 bits per heavy atom. The fraction of sp³-hybridized carbons (Fsp3) is 0.636. The minimum Gasteiger partial charge on any atom is -0.356 e. The molecule has 0 aliphatic carbocycles. The Balaban J connectivity index is 0.000000791. The predicted molar refractivity (Wildman–Crippen MR) is 61.7 cm³/mol. The van der Waals surface area contributed by atoms with Crippen LogP contribution in [0.5, 0.6) is 0 Å². The van der Waals surface area contributed by atoms with Crippen molar-refractivity contribution in [2.75, 3.05) is 18.0 Å². The number of hydrogen-bond donors (Lipinski definition) is 0. The van der Waals surface area contributed by atoms with Gasteiger partial charge in [-0.05, 0) is 20.8 Å². The van der Waals surface area contributed by atoms with Crippen LogP contribution in [0.3, 0.4) is 0 Å². The van der Waals surface area contributed by atoms with Gasteiger partial charge >= 0.3 is 0 Å². The molecule has 0 bridgehead atoms. The maximum absolute atomic E-state index is 4.28. The Labute approximate surface area is 87.2 Å². The second kappa shape index (κ2) is 7.30. The molecule has 1 aromatic heterocycles. The topological polar surface area (TPSA) is 29.0 Å². The molecule has 0 saturated carbocycles. The van der Waals surface area contributed by atoms with Crippen molar-refractivity contribution in [2.24, 2.45) is 0 Å². The third-order valence-electron chi connectivity index (χ3n) is 1.85. The first-order valence-corrected chi connectivity index (χ1v) is 5.31. The molecule has 0 atom stereocenters. The van der Waals surface area contributed by atoms with Crippen LogP contribution in [0.2, 0.25) is 0 Å². The molecule has 0 aliphatic heterocycles. The Morgan fingerprint density at radius 3 is 2.00 bits per heavy atom. The van der Waals surface area contributed by atoms with Gasteiger partial charge in [0.15, 0.2) is 0 Å². The van der Waals surface area contributed by atoms with Gasteiger partial charge in [-0.1, -0.05) is 13.8 Å². The van der Waals surface area contributed by atoms with E-state index < -0.39 is 0 Å². The number of anilines is 1. The molecule has 80 valence electrons. The van der Waals surface area contributed by atoms with E-state index >= 15 is 0 Å². The molecule has 0 spiro atoms. The first-order chi connectivity index (χ1) is 6.77. The lowest BCUT2D eigenvalue weighted by Gasteiger charge is -2.18. The first kappa shape index (κ1) is 12.9. The number of aromatic nitrogens is 2. The molecule has 0 amide bonds. The van der Waals surface area contributed by atoms with Gasteiger partial charge in [-0.15, -0.1) is 0 Å². The van der Waals surface area contributed by atoms with Gasteiger partial charge in [-0.25, -0.2) is 4.98 Å². The molecule has 0 aliphatic rings. The van der Waals surface area contributed by atoms with E-state index in [9.17, 15) is 0 Å². The molecule has 0 radical (unpaired) electrons. The average molecular weight is 195 g/mol. The van der Waals surface area contributed by atoms with E-state index in [0.717, 1.165) is 24.6 Å². The molecule has 0 N–H and O–H groups in total. The zero-order valence-electron chi connectivity index (χ0n) is 9.91. The molecule has 0 fully saturated rings. The van der Waals surface area contributed by atoms with E-state index in [1.807, 2.05) is 27.0 Å². The number of aryl methyl sites for hydroxylation is 1. The van der Waals surface area contributed by atoms with Gasteiger partial charge in [-0.2, -0.15) is 0 Å². The standard InChI is InChI=1S/C9H15N3.C2H6/c1-4-12(5-2)9-7-10-8(3)6-11-9;1-2/h6-7H,4-5H2,1-3H3;1-2H3. The third-order valence-corrected chi connectivity index (χ3v) is 1.85. The summed E-state index contributed by atoms with van der Waals surface area (Å²) in [6.07, 6.45) is 3.62. The molecule has 1 rings (SSSR count). The van der Waals surface area contributed by atoms with Crippen LogP contribution < -0.4 is 4.90 Å². The van der Waals surface area contributed by atoms with Crippen LogP contribution in [0, 0.1) is 6.92 Å². The van der Waals surface area contributed by atoms with Gasteiger partial charge < -0.3 is 4.90 Å². The molecular weight excluding hydrogens is 174 g/mol. The van der Waals surface area contributed by atoms with Crippen molar-refractivity contribution < 1.29 is 0 Å². The molecular formula is C11H21N3. The minimum atomic E-state index is 0.964. The van der Waals surface area contributed by atoms with Gasteiger partial charge in [0.05, 0.1) is 18.1 Å². The molecule has 1 heterocycles. The van der Waals surface area contributed by atoms with Gasteiger partial charge in [0.25, 0.3) is 0 Å². The summed E-state index contributed by atoms with van der Waals surface area (Å²) in [5, 5.41) is 0. The first-order valence-electron chi connectivity index (χ1n) is 5.31. The molecule has 3 nitrogen and oxygen atoms in total. The van der Waals surface area contributed by atoms with Gasteiger partial charge in [0, 0.05) is 13.1 Å². The van der Waals surface area contributed by atoms with Crippen LogP contribution in [0.15, 0.2) is 12.4 Å². The van der Waals surface area contributed by atoms with Crippen LogP contribution in [0.4, 0.5) is 5.82 Å². The highest BCUT2D eigenvalue weighted by molar-refractivity contribution is 5.34. The maximum Gasteiger partial charge on any atom is 0.147 e. The van der Waals surface area contributed by atoms with Gasteiger partial charge in [0.2, 0.25) is 0 Å². The van der Waals surface area contributed by atoms with Crippen molar-refractivity contribution in [3.05, 3.63) is 18.1 Å². The Morgan fingerprint density at radius 1 is 1.07 bits per heavy atom. The van der Waals surface area contributed by atoms with Crippen molar-refractivity contribution in [1.29, 1.82) is 0 Å². The highest BCUT2D eigenvalue weighted by atomic mass is 15.2. The van der Waals surface area contributed by atoms with Crippen LogP contribution in [0.1, 0.15) is 33.4 Å².